The molecule has 0 radical (unpaired) electrons. The van der Waals surface area contributed by atoms with E-state index in [0.29, 0.717) is 35.3 Å². The van der Waals surface area contributed by atoms with Gasteiger partial charge in [0.15, 0.2) is 0 Å². The van der Waals surface area contributed by atoms with Gasteiger partial charge in [-0.15, -0.1) is 0 Å². The molecule has 0 saturated carbocycles. The van der Waals surface area contributed by atoms with Gasteiger partial charge in [-0.25, -0.2) is 4.68 Å². The van der Waals surface area contributed by atoms with E-state index in [-0.39, 0.29) is 5.91 Å². The highest BCUT2D eigenvalue weighted by Gasteiger charge is 2.33. The average Bonchev–Trinajstić information content (AvgIpc) is 3.36. The van der Waals surface area contributed by atoms with E-state index >= 15 is 0 Å². The molecule has 1 atom stereocenters. The average molecular weight is 468 g/mol. The number of aromatic nitrogens is 3. The minimum absolute atomic E-state index is 0.255. The maximum absolute atomic E-state index is 13.5. The fourth-order valence-electron chi connectivity index (χ4n) is 4.12. The summed E-state index contributed by atoms with van der Waals surface area (Å²) in [4.78, 5) is 17.8. The van der Waals surface area contributed by atoms with Gasteiger partial charge in [-0.3, -0.25) is 4.79 Å². The summed E-state index contributed by atoms with van der Waals surface area (Å²) in [5.74, 6) is 1.65. The van der Waals surface area contributed by atoms with Crippen molar-refractivity contribution in [2.45, 2.75) is 19.6 Å². The van der Waals surface area contributed by atoms with Crippen molar-refractivity contribution in [2.24, 2.45) is 0 Å². The quantitative estimate of drug-likeness (QED) is 0.406. The Hall–Kier alpha value is -4.59. The number of ether oxygens (including phenoxy) is 2. The molecule has 3 aromatic carbocycles. The molecule has 2 heterocycles. The molecule has 1 aliphatic rings. The smallest absolute Gasteiger partial charge is 0.255 e. The van der Waals surface area contributed by atoms with Crippen LogP contribution in [0.3, 0.4) is 0 Å². The highest BCUT2D eigenvalue weighted by Crippen LogP contribution is 2.36. The summed E-state index contributed by atoms with van der Waals surface area (Å²) in [5, 5.41) is 10.6. The van der Waals surface area contributed by atoms with Crippen LogP contribution >= 0.6 is 0 Å². The van der Waals surface area contributed by atoms with Crippen LogP contribution in [0.15, 0.2) is 96.5 Å². The molecule has 0 unspecified atom stereocenters. The summed E-state index contributed by atoms with van der Waals surface area (Å²) in [6.45, 7) is 2.34. The van der Waals surface area contributed by atoms with Crippen molar-refractivity contribution in [2.75, 3.05) is 17.7 Å². The molecule has 0 saturated heterocycles. The van der Waals surface area contributed by atoms with Crippen LogP contribution in [0.1, 0.15) is 24.1 Å². The predicted octanol–water partition coefficient (Wildman–Crippen LogP) is 4.79. The number of rotatable bonds is 7. The summed E-state index contributed by atoms with van der Waals surface area (Å²) in [7, 11) is 1.57. The van der Waals surface area contributed by atoms with Crippen LogP contribution in [0.25, 0.3) is 0 Å². The molecule has 176 valence electrons. The van der Waals surface area contributed by atoms with Gasteiger partial charge in [0.25, 0.3) is 5.91 Å². The van der Waals surface area contributed by atoms with E-state index in [9.17, 15) is 4.79 Å². The largest absolute Gasteiger partial charge is 0.495 e. The first-order chi connectivity index (χ1) is 17.1. The number of nitrogens with one attached hydrogen (secondary N) is 2. The number of anilines is 2. The summed E-state index contributed by atoms with van der Waals surface area (Å²) in [6.07, 6.45) is 1.47. The van der Waals surface area contributed by atoms with Crippen LogP contribution in [0, 0.1) is 0 Å². The lowest BCUT2D eigenvalue weighted by Crippen LogP contribution is -2.31. The second-order valence-electron chi connectivity index (χ2n) is 8.09. The van der Waals surface area contributed by atoms with Gasteiger partial charge in [0.1, 0.15) is 30.5 Å². The molecule has 1 aliphatic heterocycles. The van der Waals surface area contributed by atoms with Crippen molar-refractivity contribution < 1.29 is 14.3 Å². The molecular weight excluding hydrogens is 442 g/mol. The summed E-state index contributed by atoms with van der Waals surface area (Å²) in [5.41, 5.74) is 3.80. The number of benzene rings is 3. The molecule has 1 amide bonds. The van der Waals surface area contributed by atoms with Gasteiger partial charge in [0, 0.05) is 5.70 Å². The molecule has 1 aromatic heterocycles. The first kappa shape index (κ1) is 22.2. The van der Waals surface area contributed by atoms with Crippen LogP contribution in [0.5, 0.6) is 11.5 Å². The third kappa shape index (κ3) is 4.59. The van der Waals surface area contributed by atoms with Gasteiger partial charge >= 0.3 is 0 Å². The number of para-hydroxylation sites is 2. The standard InChI is InChI=1S/C27H25N5O3/c1-18-24(26(33)31-22-10-6-7-11-23(22)34-2)25(32-27(30-18)28-17-29-32)20-12-14-21(15-13-20)35-16-19-8-4-3-5-9-19/h3-15,17,25H,16H2,1-2H3,(H,31,33)(H,28,29,30)/t25-/m0/s1. The van der Waals surface area contributed by atoms with Crippen LogP contribution in [-0.4, -0.2) is 27.8 Å². The first-order valence-electron chi connectivity index (χ1n) is 11.2. The molecular formula is C27H25N5O3. The number of methoxy groups -OCH3 is 1. The molecule has 8 nitrogen and oxygen atoms in total. The van der Waals surface area contributed by atoms with E-state index in [0.717, 1.165) is 16.9 Å². The topological polar surface area (TPSA) is 90.3 Å². The number of hydrogen-bond donors (Lipinski definition) is 2. The van der Waals surface area contributed by atoms with Crippen LogP contribution in [0.2, 0.25) is 0 Å². The third-order valence-corrected chi connectivity index (χ3v) is 5.84. The molecule has 0 fully saturated rings. The number of amides is 1. The normalized spacial score (nSPS) is 14.6. The van der Waals surface area contributed by atoms with Crippen LogP contribution in [0.4, 0.5) is 11.6 Å². The maximum Gasteiger partial charge on any atom is 0.255 e. The van der Waals surface area contributed by atoms with Crippen molar-refractivity contribution in [1.82, 2.24) is 14.8 Å². The van der Waals surface area contributed by atoms with Gasteiger partial charge in [0.05, 0.1) is 18.4 Å². The van der Waals surface area contributed by atoms with E-state index in [1.54, 1.807) is 23.9 Å². The Morgan fingerprint density at radius 3 is 2.54 bits per heavy atom. The number of fused-ring (bicyclic) bond motifs is 1. The van der Waals surface area contributed by atoms with E-state index < -0.39 is 6.04 Å². The third-order valence-electron chi connectivity index (χ3n) is 5.84. The Balaban J connectivity index is 1.43. The fourth-order valence-corrected chi connectivity index (χ4v) is 4.12. The zero-order valence-corrected chi connectivity index (χ0v) is 19.4. The SMILES string of the molecule is COc1ccccc1NC(=O)C1=C(C)Nc2ncnn2[C@H]1c1ccc(OCc2ccccc2)cc1. The number of carbonyl (C=O) groups is 1. The number of carbonyl (C=O) groups excluding carboxylic acids is 1. The van der Waals surface area contributed by atoms with Gasteiger partial charge < -0.3 is 20.1 Å². The minimum atomic E-state index is -0.466. The highest BCUT2D eigenvalue weighted by molar-refractivity contribution is 6.06. The van der Waals surface area contributed by atoms with Gasteiger partial charge in [-0.1, -0.05) is 54.6 Å². The van der Waals surface area contributed by atoms with Crippen LogP contribution in [-0.2, 0) is 11.4 Å². The lowest BCUT2D eigenvalue weighted by atomic mass is 9.95. The van der Waals surface area contributed by atoms with Crippen molar-refractivity contribution in [3.8, 4) is 11.5 Å². The molecule has 8 heteroatoms. The lowest BCUT2D eigenvalue weighted by Gasteiger charge is -2.29. The van der Waals surface area contributed by atoms with Crippen LogP contribution < -0.4 is 20.1 Å². The van der Waals surface area contributed by atoms with E-state index in [1.807, 2.05) is 73.7 Å². The second kappa shape index (κ2) is 9.72. The number of nitrogens with zero attached hydrogens (tertiary/aromatic N) is 3. The van der Waals surface area contributed by atoms with Crippen molar-refractivity contribution in [1.29, 1.82) is 0 Å². The van der Waals surface area contributed by atoms with Crippen molar-refractivity contribution in [3.05, 3.63) is 108 Å². The lowest BCUT2D eigenvalue weighted by molar-refractivity contribution is -0.113. The fraction of sp³-hybridized carbons (Fsp3) is 0.148. The molecule has 0 aliphatic carbocycles. The molecule has 2 N–H and O–H groups in total. The van der Waals surface area contributed by atoms with Gasteiger partial charge in [-0.05, 0) is 42.3 Å². The number of hydrogen-bond acceptors (Lipinski definition) is 6. The van der Waals surface area contributed by atoms with Crippen molar-refractivity contribution >= 4 is 17.5 Å². The van der Waals surface area contributed by atoms with Gasteiger partial charge in [-0.2, -0.15) is 10.1 Å². The summed E-state index contributed by atoms with van der Waals surface area (Å²) >= 11 is 0. The van der Waals surface area contributed by atoms with E-state index in [4.69, 9.17) is 9.47 Å². The minimum Gasteiger partial charge on any atom is -0.495 e. The molecule has 0 spiro atoms. The van der Waals surface area contributed by atoms with Crippen molar-refractivity contribution in [3.63, 3.8) is 0 Å². The second-order valence-corrected chi connectivity index (χ2v) is 8.09. The highest BCUT2D eigenvalue weighted by atomic mass is 16.5. The van der Waals surface area contributed by atoms with E-state index in [1.165, 1.54) is 6.33 Å². The predicted molar refractivity (Wildman–Crippen MR) is 133 cm³/mol. The molecule has 0 bridgehead atoms. The molecule has 5 rings (SSSR count). The Morgan fingerprint density at radius 1 is 1.03 bits per heavy atom. The zero-order chi connectivity index (χ0) is 24.2. The van der Waals surface area contributed by atoms with E-state index in [2.05, 4.69) is 20.7 Å². The zero-order valence-electron chi connectivity index (χ0n) is 19.4. The first-order valence-corrected chi connectivity index (χ1v) is 11.2. The summed E-state index contributed by atoms with van der Waals surface area (Å²) in [6, 6.07) is 24.6. The summed E-state index contributed by atoms with van der Waals surface area (Å²) < 4.78 is 13.0. The van der Waals surface area contributed by atoms with Gasteiger partial charge in [0.2, 0.25) is 5.95 Å². The number of allylic oxidation sites excluding steroid dienone is 1. The maximum atomic E-state index is 13.5. The Kier molecular flexibility index (Phi) is 6.17. The Labute approximate surface area is 203 Å². The monoisotopic (exact) mass is 467 g/mol. The molecule has 35 heavy (non-hydrogen) atoms. The molecule has 4 aromatic rings. The Bertz CT molecular complexity index is 1360. The Morgan fingerprint density at radius 2 is 1.77 bits per heavy atom.